The Morgan fingerprint density at radius 2 is 2.00 bits per heavy atom. The van der Waals surface area contributed by atoms with Gasteiger partial charge in [0.2, 0.25) is 10.0 Å². The molecule has 0 aliphatic heterocycles. The first kappa shape index (κ1) is 22.2. The molecule has 10 heteroatoms. The molecule has 2 aromatic carbocycles. The topological polar surface area (TPSA) is 88.1 Å². The maximum atomic E-state index is 12.8. The number of rotatable bonds is 7. The molecule has 7 nitrogen and oxygen atoms in total. The van der Waals surface area contributed by atoms with Gasteiger partial charge < -0.3 is 4.74 Å². The van der Waals surface area contributed by atoms with Crippen molar-refractivity contribution in [2.45, 2.75) is 11.8 Å². The number of hydrogen-bond donors (Lipinski definition) is 1. The summed E-state index contributed by atoms with van der Waals surface area (Å²) in [4.78, 5) is 12.1. The van der Waals surface area contributed by atoms with Crippen molar-refractivity contribution >= 4 is 45.3 Å². The molecule has 2 rings (SSSR count). The van der Waals surface area contributed by atoms with Crippen LogP contribution < -0.4 is 10.2 Å². The second kappa shape index (κ2) is 9.38. The summed E-state index contributed by atoms with van der Waals surface area (Å²) in [5, 5.41) is 4.44. The molecular weight excluding hydrogens is 425 g/mol. The van der Waals surface area contributed by atoms with Gasteiger partial charge in [-0.05, 0) is 30.7 Å². The number of aryl methyl sites for hydroxylation is 1. The standard InChI is InChI=1S/C18H19Cl2N3O4S/c1-12-7-8-15(27-3)16(9-12)28(25,26)23(2)11-17(24)22-21-10-13-5-4-6-14(19)18(13)20/h4-10H,11H2,1-3H3,(H,22,24)/b21-10+. The Hall–Kier alpha value is -2.13. The van der Waals surface area contributed by atoms with Gasteiger partial charge in [0, 0.05) is 12.6 Å². The monoisotopic (exact) mass is 443 g/mol. The summed E-state index contributed by atoms with van der Waals surface area (Å²) >= 11 is 11.9. The number of benzene rings is 2. The van der Waals surface area contributed by atoms with Gasteiger partial charge in [0.05, 0.1) is 29.9 Å². The highest BCUT2D eigenvalue weighted by molar-refractivity contribution is 7.89. The number of likely N-dealkylation sites (N-methyl/N-ethyl adjacent to an activating group) is 1. The highest BCUT2D eigenvalue weighted by Crippen LogP contribution is 2.27. The fraction of sp³-hybridized carbons (Fsp3) is 0.222. The lowest BCUT2D eigenvalue weighted by Gasteiger charge is -2.18. The van der Waals surface area contributed by atoms with Crippen LogP contribution in [0.15, 0.2) is 46.4 Å². The van der Waals surface area contributed by atoms with Crippen LogP contribution in [0.3, 0.4) is 0 Å². The zero-order valence-electron chi connectivity index (χ0n) is 15.4. The number of halogens is 2. The van der Waals surface area contributed by atoms with E-state index >= 15 is 0 Å². The van der Waals surface area contributed by atoms with Crippen molar-refractivity contribution in [3.05, 3.63) is 57.6 Å². The van der Waals surface area contributed by atoms with Crippen LogP contribution in [0.25, 0.3) is 0 Å². The molecule has 150 valence electrons. The Bertz CT molecular complexity index is 1010. The number of carbonyl (C=O) groups excluding carboxylic acids is 1. The van der Waals surface area contributed by atoms with Gasteiger partial charge in [-0.2, -0.15) is 9.41 Å². The van der Waals surface area contributed by atoms with Gasteiger partial charge in [-0.15, -0.1) is 0 Å². The van der Waals surface area contributed by atoms with E-state index in [0.717, 1.165) is 9.87 Å². The zero-order chi connectivity index (χ0) is 20.9. The van der Waals surface area contributed by atoms with Gasteiger partial charge in [-0.3, -0.25) is 4.79 Å². The molecule has 0 bridgehead atoms. The van der Waals surface area contributed by atoms with E-state index in [9.17, 15) is 13.2 Å². The van der Waals surface area contributed by atoms with Crippen LogP contribution in [-0.2, 0) is 14.8 Å². The molecule has 1 amide bonds. The molecule has 0 saturated carbocycles. The van der Waals surface area contributed by atoms with Crippen LogP contribution in [0.2, 0.25) is 10.0 Å². The van der Waals surface area contributed by atoms with Crippen LogP contribution in [-0.4, -0.2) is 45.5 Å². The molecule has 0 heterocycles. The SMILES string of the molecule is COc1ccc(C)cc1S(=O)(=O)N(C)CC(=O)N/N=C/c1cccc(Cl)c1Cl. The molecule has 0 unspecified atom stereocenters. The van der Waals surface area contributed by atoms with Crippen LogP contribution in [0.1, 0.15) is 11.1 Å². The van der Waals surface area contributed by atoms with Crippen molar-refractivity contribution in [3.8, 4) is 5.75 Å². The average molecular weight is 444 g/mol. The van der Waals surface area contributed by atoms with Gasteiger partial charge in [-0.25, -0.2) is 13.8 Å². The Labute approximate surface area is 173 Å². The summed E-state index contributed by atoms with van der Waals surface area (Å²) < 4.78 is 31.6. The normalized spacial score (nSPS) is 11.8. The van der Waals surface area contributed by atoms with Gasteiger partial charge in [0.15, 0.2) is 0 Å². The Morgan fingerprint density at radius 1 is 1.29 bits per heavy atom. The summed E-state index contributed by atoms with van der Waals surface area (Å²) in [5.74, 6) is -0.418. The molecule has 0 spiro atoms. The van der Waals surface area contributed by atoms with E-state index in [-0.39, 0.29) is 10.6 Å². The zero-order valence-corrected chi connectivity index (χ0v) is 17.8. The van der Waals surface area contributed by atoms with E-state index in [0.29, 0.717) is 15.6 Å². The summed E-state index contributed by atoms with van der Waals surface area (Å²) in [6.45, 7) is 1.33. The van der Waals surface area contributed by atoms with Crippen LogP contribution in [0.4, 0.5) is 0 Å². The first-order valence-electron chi connectivity index (χ1n) is 8.03. The predicted octanol–water partition coefficient (Wildman–Crippen LogP) is 3.08. The largest absolute Gasteiger partial charge is 0.495 e. The van der Waals surface area contributed by atoms with Crippen molar-refractivity contribution in [1.29, 1.82) is 0 Å². The average Bonchev–Trinajstić information content (AvgIpc) is 2.65. The van der Waals surface area contributed by atoms with Gasteiger partial charge in [0.1, 0.15) is 10.6 Å². The number of nitrogens with zero attached hydrogens (tertiary/aromatic N) is 2. The first-order chi connectivity index (χ1) is 13.2. The van der Waals surface area contributed by atoms with E-state index in [1.54, 1.807) is 37.3 Å². The molecule has 0 atom stereocenters. The Balaban J connectivity index is 2.08. The first-order valence-corrected chi connectivity index (χ1v) is 10.2. The number of hydrogen-bond acceptors (Lipinski definition) is 5. The van der Waals surface area contributed by atoms with Gasteiger partial charge in [0.25, 0.3) is 5.91 Å². The molecule has 0 saturated heterocycles. The number of ether oxygens (including phenoxy) is 1. The Kier molecular flexibility index (Phi) is 7.42. The maximum Gasteiger partial charge on any atom is 0.255 e. The summed E-state index contributed by atoms with van der Waals surface area (Å²) in [7, 11) is -1.25. The quantitative estimate of drug-likeness (QED) is 0.525. The summed E-state index contributed by atoms with van der Waals surface area (Å²) in [6, 6.07) is 9.77. The molecule has 28 heavy (non-hydrogen) atoms. The molecule has 0 aliphatic rings. The number of methoxy groups -OCH3 is 1. The molecule has 0 aromatic heterocycles. The fourth-order valence-corrected chi connectivity index (χ4v) is 3.99. The van der Waals surface area contributed by atoms with Crippen molar-refractivity contribution in [2.75, 3.05) is 20.7 Å². The number of nitrogens with one attached hydrogen (secondary N) is 1. The minimum Gasteiger partial charge on any atom is -0.495 e. The fourth-order valence-electron chi connectivity index (χ4n) is 2.27. The molecule has 0 aliphatic carbocycles. The summed E-state index contributed by atoms with van der Waals surface area (Å²) in [5.41, 5.74) is 3.53. The smallest absolute Gasteiger partial charge is 0.255 e. The lowest BCUT2D eigenvalue weighted by molar-refractivity contribution is -0.121. The summed E-state index contributed by atoms with van der Waals surface area (Å²) in [6.07, 6.45) is 1.32. The van der Waals surface area contributed by atoms with Gasteiger partial charge in [-0.1, -0.05) is 41.4 Å². The van der Waals surface area contributed by atoms with E-state index in [1.807, 2.05) is 0 Å². The lowest BCUT2D eigenvalue weighted by Crippen LogP contribution is -2.36. The maximum absolute atomic E-state index is 12.8. The third kappa shape index (κ3) is 5.23. The van der Waals surface area contributed by atoms with Crippen LogP contribution in [0, 0.1) is 6.92 Å². The third-order valence-corrected chi connectivity index (χ3v) is 6.41. The number of sulfonamides is 1. The van der Waals surface area contributed by atoms with Crippen LogP contribution >= 0.6 is 23.2 Å². The van der Waals surface area contributed by atoms with E-state index in [1.165, 1.54) is 26.4 Å². The minimum atomic E-state index is -3.93. The third-order valence-electron chi connectivity index (χ3n) is 3.75. The lowest BCUT2D eigenvalue weighted by atomic mass is 10.2. The van der Waals surface area contributed by atoms with Crippen molar-refractivity contribution in [1.82, 2.24) is 9.73 Å². The van der Waals surface area contributed by atoms with Crippen molar-refractivity contribution in [2.24, 2.45) is 5.10 Å². The number of amides is 1. The van der Waals surface area contributed by atoms with E-state index in [2.05, 4.69) is 10.5 Å². The Morgan fingerprint density at radius 3 is 2.68 bits per heavy atom. The highest BCUT2D eigenvalue weighted by Gasteiger charge is 2.26. The second-order valence-corrected chi connectivity index (χ2v) is 8.65. The predicted molar refractivity (Wildman–Crippen MR) is 110 cm³/mol. The minimum absolute atomic E-state index is 0.0143. The molecule has 0 fully saturated rings. The van der Waals surface area contributed by atoms with Crippen molar-refractivity contribution in [3.63, 3.8) is 0 Å². The van der Waals surface area contributed by atoms with Crippen LogP contribution in [0.5, 0.6) is 5.75 Å². The van der Waals surface area contributed by atoms with Gasteiger partial charge >= 0.3 is 0 Å². The molecular formula is C18H19Cl2N3O4S. The molecule has 2 aromatic rings. The highest BCUT2D eigenvalue weighted by atomic mass is 35.5. The van der Waals surface area contributed by atoms with E-state index in [4.69, 9.17) is 27.9 Å². The molecule has 1 N–H and O–H groups in total. The van der Waals surface area contributed by atoms with Crippen molar-refractivity contribution < 1.29 is 17.9 Å². The number of carbonyl (C=O) groups is 1. The number of hydrazone groups is 1. The molecule has 0 radical (unpaired) electrons. The van der Waals surface area contributed by atoms with E-state index < -0.39 is 22.5 Å². The second-order valence-electron chi connectivity index (χ2n) is 5.85.